The van der Waals surface area contributed by atoms with Crippen molar-refractivity contribution in [2.24, 2.45) is 0 Å². The normalized spacial score (nSPS) is 10.2. The van der Waals surface area contributed by atoms with Crippen LogP contribution in [0.1, 0.15) is 34.8 Å². The summed E-state index contributed by atoms with van der Waals surface area (Å²) in [4.78, 5) is 10.8. The van der Waals surface area contributed by atoms with Crippen LogP contribution in [-0.2, 0) is 6.42 Å². The molecule has 0 amide bonds. The molecule has 0 aliphatic carbocycles. The lowest BCUT2D eigenvalue weighted by Gasteiger charge is -2.06. The first-order valence-electron chi connectivity index (χ1n) is 4.58. The fourth-order valence-corrected chi connectivity index (χ4v) is 1.89. The highest BCUT2D eigenvalue weighted by Gasteiger charge is 2.12. The predicted octanol–water partition coefficient (Wildman–Crippen LogP) is 3.30. The molecule has 14 heavy (non-hydrogen) atoms. The van der Waals surface area contributed by atoms with Crippen molar-refractivity contribution < 1.29 is 9.90 Å². The van der Waals surface area contributed by atoms with Crippen LogP contribution in [0.3, 0.4) is 0 Å². The molecule has 0 aromatic heterocycles. The molecule has 0 atom stereocenters. The molecule has 0 unspecified atom stereocenters. The van der Waals surface area contributed by atoms with Gasteiger partial charge in [-0.2, -0.15) is 0 Å². The fourth-order valence-electron chi connectivity index (χ4n) is 1.52. The van der Waals surface area contributed by atoms with Gasteiger partial charge in [0.2, 0.25) is 0 Å². The van der Waals surface area contributed by atoms with Crippen LogP contribution in [0.5, 0.6) is 0 Å². The molecule has 0 fully saturated rings. The Morgan fingerprint density at radius 2 is 2.14 bits per heavy atom. The zero-order valence-corrected chi connectivity index (χ0v) is 9.06. The highest BCUT2D eigenvalue weighted by atomic mass is 35.5. The van der Waals surface area contributed by atoms with Crippen molar-refractivity contribution in [3.05, 3.63) is 33.8 Å². The average Bonchev–Trinajstić information content (AvgIpc) is 2.01. The summed E-state index contributed by atoms with van der Waals surface area (Å²) in [6, 6.07) is 3.63. The van der Waals surface area contributed by atoms with E-state index in [0.29, 0.717) is 5.02 Å². The second-order valence-corrected chi connectivity index (χ2v) is 3.73. The maximum atomic E-state index is 10.8. The lowest BCUT2D eigenvalue weighted by atomic mass is 10.0. The van der Waals surface area contributed by atoms with E-state index in [4.69, 9.17) is 16.7 Å². The van der Waals surface area contributed by atoms with Gasteiger partial charge in [0.05, 0.1) is 10.6 Å². The molecule has 0 aliphatic rings. The number of hydrogen-bond donors (Lipinski definition) is 1. The summed E-state index contributed by atoms with van der Waals surface area (Å²) in [6.45, 7) is 3.85. The molecule has 1 aromatic carbocycles. The van der Waals surface area contributed by atoms with Gasteiger partial charge in [0.15, 0.2) is 0 Å². The molecule has 0 radical (unpaired) electrons. The topological polar surface area (TPSA) is 37.3 Å². The number of halogens is 1. The molecule has 3 heteroatoms. The average molecular weight is 213 g/mol. The van der Waals surface area contributed by atoms with Gasteiger partial charge in [-0.3, -0.25) is 0 Å². The molecular formula is C11H13ClO2. The number of carbonyl (C=O) groups is 1. The second kappa shape index (κ2) is 4.47. The lowest BCUT2D eigenvalue weighted by Crippen LogP contribution is -2.02. The van der Waals surface area contributed by atoms with Gasteiger partial charge in [0.1, 0.15) is 0 Å². The maximum Gasteiger partial charge on any atom is 0.337 e. The minimum Gasteiger partial charge on any atom is -0.478 e. The Labute approximate surface area is 88.5 Å². The largest absolute Gasteiger partial charge is 0.478 e. The van der Waals surface area contributed by atoms with Crippen LogP contribution in [0.15, 0.2) is 12.1 Å². The molecule has 1 N–H and O–H groups in total. The zero-order valence-electron chi connectivity index (χ0n) is 8.30. The van der Waals surface area contributed by atoms with E-state index in [1.807, 2.05) is 6.07 Å². The molecule has 76 valence electrons. The first-order chi connectivity index (χ1) is 6.56. The summed E-state index contributed by atoms with van der Waals surface area (Å²) in [5, 5.41) is 9.22. The molecule has 0 bridgehead atoms. The Bertz CT molecular complexity index is 335. The highest BCUT2D eigenvalue weighted by Crippen LogP contribution is 2.22. The summed E-state index contributed by atoms with van der Waals surface area (Å²) in [5.74, 6) is -0.962. The third kappa shape index (κ3) is 2.26. The van der Waals surface area contributed by atoms with Crippen molar-refractivity contribution >= 4 is 17.6 Å². The lowest BCUT2D eigenvalue weighted by molar-refractivity contribution is 0.0696. The van der Waals surface area contributed by atoms with E-state index in [1.165, 1.54) is 0 Å². The van der Waals surface area contributed by atoms with Crippen molar-refractivity contribution in [1.82, 2.24) is 0 Å². The molecule has 1 aromatic rings. The van der Waals surface area contributed by atoms with Crippen molar-refractivity contribution in [3.8, 4) is 0 Å². The number of aromatic carboxylic acids is 1. The second-order valence-electron chi connectivity index (χ2n) is 3.32. The summed E-state index contributed by atoms with van der Waals surface area (Å²) in [7, 11) is 0. The van der Waals surface area contributed by atoms with Crippen LogP contribution in [0.25, 0.3) is 0 Å². The summed E-state index contributed by atoms with van der Waals surface area (Å²) in [5.41, 5.74) is 2.04. The Balaban J connectivity index is 3.18. The van der Waals surface area contributed by atoms with Crippen LogP contribution in [0.4, 0.5) is 0 Å². The Kier molecular flexibility index (Phi) is 3.53. The third-order valence-corrected chi connectivity index (χ3v) is 2.40. The summed E-state index contributed by atoms with van der Waals surface area (Å²) >= 11 is 5.88. The quantitative estimate of drug-likeness (QED) is 0.835. The van der Waals surface area contributed by atoms with Gasteiger partial charge in [-0.05, 0) is 30.5 Å². The maximum absolute atomic E-state index is 10.8. The first-order valence-corrected chi connectivity index (χ1v) is 4.96. The Morgan fingerprint density at radius 3 is 2.57 bits per heavy atom. The van der Waals surface area contributed by atoms with E-state index in [-0.39, 0.29) is 5.56 Å². The molecule has 0 aliphatic heterocycles. The van der Waals surface area contributed by atoms with Crippen LogP contribution in [0.2, 0.25) is 5.02 Å². The SMILES string of the molecule is CCCc1cc(C)c(C(=O)O)c(Cl)c1. The summed E-state index contributed by atoms with van der Waals surface area (Å²) in [6.07, 6.45) is 1.96. The van der Waals surface area contributed by atoms with E-state index in [2.05, 4.69) is 6.92 Å². The smallest absolute Gasteiger partial charge is 0.337 e. The van der Waals surface area contributed by atoms with Crippen LogP contribution in [0, 0.1) is 6.92 Å². The van der Waals surface area contributed by atoms with Crippen molar-refractivity contribution in [2.45, 2.75) is 26.7 Å². The van der Waals surface area contributed by atoms with Gasteiger partial charge in [0.25, 0.3) is 0 Å². The van der Waals surface area contributed by atoms with Crippen molar-refractivity contribution in [2.75, 3.05) is 0 Å². The van der Waals surface area contributed by atoms with Gasteiger partial charge in [0, 0.05) is 0 Å². The van der Waals surface area contributed by atoms with E-state index >= 15 is 0 Å². The number of aryl methyl sites for hydroxylation is 2. The molecule has 0 heterocycles. The third-order valence-electron chi connectivity index (χ3n) is 2.10. The molecule has 1 rings (SSSR count). The standard InChI is InChI=1S/C11H13ClO2/c1-3-4-8-5-7(2)10(11(13)14)9(12)6-8/h5-6H,3-4H2,1-2H3,(H,13,14). The van der Waals surface area contributed by atoms with E-state index in [9.17, 15) is 4.79 Å². The van der Waals surface area contributed by atoms with Gasteiger partial charge in [-0.1, -0.05) is 31.0 Å². The van der Waals surface area contributed by atoms with Crippen molar-refractivity contribution in [3.63, 3.8) is 0 Å². The van der Waals surface area contributed by atoms with Gasteiger partial charge in [-0.25, -0.2) is 4.79 Å². The van der Waals surface area contributed by atoms with Gasteiger partial charge >= 0.3 is 5.97 Å². The van der Waals surface area contributed by atoms with E-state index in [1.54, 1.807) is 13.0 Å². The van der Waals surface area contributed by atoms with Crippen LogP contribution >= 0.6 is 11.6 Å². The zero-order chi connectivity index (χ0) is 10.7. The summed E-state index contributed by atoms with van der Waals surface area (Å²) < 4.78 is 0. The van der Waals surface area contributed by atoms with E-state index < -0.39 is 5.97 Å². The minimum atomic E-state index is -0.962. The molecule has 0 saturated heterocycles. The van der Waals surface area contributed by atoms with Crippen LogP contribution < -0.4 is 0 Å². The number of carboxylic acid groups (broad SMARTS) is 1. The van der Waals surface area contributed by atoms with Gasteiger partial charge < -0.3 is 5.11 Å². The first kappa shape index (κ1) is 11.1. The van der Waals surface area contributed by atoms with Crippen molar-refractivity contribution in [1.29, 1.82) is 0 Å². The number of rotatable bonds is 3. The Hall–Kier alpha value is -1.02. The minimum absolute atomic E-state index is 0.214. The molecule has 0 spiro atoms. The number of hydrogen-bond acceptors (Lipinski definition) is 1. The fraction of sp³-hybridized carbons (Fsp3) is 0.364. The molecular weight excluding hydrogens is 200 g/mol. The highest BCUT2D eigenvalue weighted by molar-refractivity contribution is 6.33. The number of benzene rings is 1. The molecule has 2 nitrogen and oxygen atoms in total. The van der Waals surface area contributed by atoms with E-state index in [0.717, 1.165) is 24.0 Å². The predicted molar refractivity (Wildman–Crippen MR) is 57.1 cm³/mol. The Morgan fingerprint density at radius 1 is 1.50 bits per heavy atom. The monoisotopic (exact) mass is 212 g/mol. The van der Waals surface area contributed by atoms with Gasteiger partial charge in [-0.15, -0.1) is 0 Å². The number of carboxylic acids is 1. The van der Waals surface area contributed by atoms with Crippen LogP contribution in [-0.4, -0.2) is 11.1 Å². The molecule has 0 saturated carbocycles.